The number of amides is 3. The van der Waals surface area contributed by atoms with Crippen LogP contribution in [0.3, 0.4) is 0 Å². The van der Waals surface area contributed by atoms with Crippen molar-refractivity contribution in [3.05, 3.63) is 95.3 Å². The molecule has 0 unspecified atom stereocenters. The van der Waals surface area contributed by atoms with Crippen LogP contribution < -0.4 is 15.5 Å². The zero-order valence-electron chi connectivity index (χ0n) is 18.2. The van der Waals surface area contributed by atoms with Gasteiger partial charge in [-0.15, -0.1) is 0 Å². The Hall–Kier alpha value is -4.53. The summed E-state index contributed by atoms with van der Waals surface area (Å²) in [5, 5.41) is 14.5. The Bertz CT molecular complexity index is 1310. The number of benzene rings is 3. The number of anilines is 2. The smallest absolute Gasteiger partial charge is 0.323 e. The second kappa shape index (κ2) is 9.53. The Balaban J connectivity index is 1.77. The lowest BCUT2D eigenvalue weighted by Crippen LogP contribution is -2.49. The number of carboxylic acid groups (broad SMARTS) is 1. The van der Waals surface area contributed by atoms with Crippen molar-refractivity contribution in [3.63, 3.8) is 0 Å². The molecule has 3 amide bonds. The molecule has 3 aromatic carbocycles. The molecule has 4 rings (SSSR count). The van der Waals surface area contributed by atoms with E-state index in [1.807, 2.05) is 13.0 Å². The van der Waals surface area contributed by atoms with Gasteiger partial charge in [0.05, 0.1) is 11.4 Å². The average molecular weight is 460 g/mol. The van der Waals surface area contributed by atoms with Gasteiger partial charge in [0.1, 0.15) is 12.4 Å². The molecule has 0 aliphatic carbocycles. The summed E-state index contributed by atoms with van der Waals surface area (Å²) in [6.07, 6.45) is -1.49. The van der Waals surface area contributed by atoms with Gasteiger partial charge in [0.15, 0.2) is 0 Å². The van der Waals surface area contributed by atoms with E-state index in [1.165, 1.54) is 18.2 Å². The average Bonchev–Trinajstić information content (AvgIpc) is 2.90. The lowest BCUT2D eigenvalue weighted by molar-refractivity contribution is -0.136. The van der Waals surface area contributed by atoms with Crippen LogP contribution in [0.25, 0.3) is 0 Å². The fourth-order valence-electron chi connectivity index (χ4n) is 3.70. The molecule has 9 heteroatoms. The van der Waals surface area contributed by atoms with Crippen molar-refractivity contribution in [1.82, 2.24) is 5.32 Å². The number of aliphatic imine (C=N–C) groups is 1. The number of aliphatic carboxylic acids is 1. The number of fused-ring (bicyclic) bond motifs is 1. The van der Waals surface area contributed by atoms with Crippen LogP contribution >= 0.6 is 0 Å². The summed E-state index contributed by atoms with van der Waals surface area (Å²) in [4.78, 5) is 43.1. The molecular weight excluding hydrogens is 439 g/mol. The molecule has 3 aromatic rings. The minimum atomic E-state index is -1.49. The topological polar surface area (TPSA) is 111 Å². The van der Waals surface area contributed by atoms with Gasteiger partial charge >= 0.3 is 12.0 Å². The minimum absolute atomic E-state index is 0.116. The van der Waals surface area contributed by atoms with Gasteiger partial charge in [0.2, 0.25) is 6.17 Å². The van der Waals surface area contributed by atoms with E-state index in [2.05, 4.69) is 15.6 Å². The first kappa shape index (κ1) is 22.7. The van der Waals surface area contributed by atoms with Gasteiger partial charge in [0.25, 0.3) is 5.91 Å². The van der Waals surface area contributed by atoms with Crippen LogP contribution in [0.1, 0.15) is 16.7 Å². The van der Waals surface area contributed by atoms with Crippen molar-refractivity contribution in [2.45, 2.75) is 13.1 Å². The van der Waals surface area contributed by atoms with E-state index in [4.69, 9.17) is 0 Å². The SMILES string of the molecule is Cc1cccc(NC(=O)N[C@@H]2N=C(c3ccccc3F)c3ccccc3N(CC(=O)O)C2=O)c1. The molecule has 34 heavy (non-hydrogen) atoms. The molecule has 3 N–H and O–H groups in total. The van der Waals surface area contributed by atoms with Crippen LogP contribution in [0.5, 0.6) is 0 Å². The van der Waals surface area contributed by atoms with Gasteiger partial charge in [-0.1, -0.05) is 42.5 Å². The summed E-state index contributed by atoms with van der Waals surface area (Å²) in [6.45, 7) is 1.21. The first-order valence-electron chi connectivity index (χ1n) is 10.4. The lowest BCUT2D eigenvalue weighted by Gasteiger charge is -2.23. The summed E-state index contributed by atoms with van der Waals surface area (Å²) >= 11 is 0. The van der Waals surface area contributed by atoms with Gasteiger partial charge in [-0.3, -0.25) is 14.5 Å². The molecule has 0 aromatic heterocycles. The Labute approximate surface area is 194 Å². The van der Waals surface area contributed by atoms with Crippen LogP contribution in [-0.4, -0.2) is 41.4 Å². The zero-order chi connectivity index (χ0) is 24.2. The number of nitrogens with one attached hydrogen (secondary N) is 2. The summed E-state index contributed by atoms with van der Waals surface area (Å²) in [5.41, 5.74) is 2.28. The Morgan fingerprint density at radius 1 is 1.03 bits per heavy atom. The van der Waals surface area contributed by atoms with Crippen molar-refractivity contribution >= 4 is 35.0 Å². The van der Waals surface area contributed by atoms with Crippen LogP contribution in [0, 0.1) is 12.7 Å². The number of carboxylic acids is 1. The highest BCUT2D eigenvalue weighted by Gasteiger charge is 2.34. The van der Waals surface area contributed by atoms with Gasteiger partial charge < -0.3 is 15.7 Å². The third-order valence-corrected chi connectivity index (χ3v) is 5.17. The fourth-order valence-corrected chi connectivity index (χ4v) is 3.70. The van der Waals surface area contributed by atoms with Crippen molar-refractivity contribution in [1.29, 1.82) is 0 Å². The summed E-state index contributed by atoms with van der Waals surface area (Å²) in [6, 6.07) is 18.7. The molecule has 1 aliphatic rings. The molecule has 172 valence electrons. The zero-order valence-corrected chi connectivity index (χ0v) is 18.2. The van der Waals surface area contributed by atoms with Gasteiger partial charge in [-0.25, -0.2) is 14.2 Å². The van der Waals surface area contributed by atoms with E-state index in [0.717, 1.165) is 10.5 Å². The summed E-state index contributed by atoms with van der Waals surface area (Å²) in [5.74, 6) is -2.58. The molecule has 0 spiro atoms. The summed E-state index contributed by atoms with van der Waals surface area (Å²) in [7, 11) is 0. The number of para-hydroxylation sites is 1. The second-order valence-corrected chi connectivity index (χ2v) is 7.66. The molecular formula is C25H21FN4O4. The number of halogens is 1. The number of urea groups is 1. The van der Waals surface area contributed by atoms with Gasteiger partial charge in [-0.2, -0.15) is 0 Å². The molecule has 1 heterocycles. The van der Waals surface area contributed by atoms with Crippen molar-refractivity contribution in [2.24, 2.45) is 4.99 Å². The van der Waals surface area contributed by atoms with E-state index < -0.39 is 36.4 Å². The van der Waals surface area contributed by atoms with Crippen LogP contribution in [0.15, 0.2) is 77.8 Å². The van der Waals surface area contributed by atoms with Crippen LogP contribution in [0.2, 0.25) is 0 Å². The normalized spacial score (nSPS) is 15.1. The summed E-state index contributed by atoms with van der Waals surface area (Å²) < 4.78 is 14.7. The van der Waals surface area contributed by atoms with E-state index >= 15 is 0 Å². The fraction of sp³-hybridized carbons (Fsp3) is 0.120. The molecule has 1 aliphatic heterocycles. The minimum Gasteiger partial charge on any atom is -0.480 e. The van der Waals surface area contributed by atoms with Crippen molar-refractivity contribution in [3.8, 4) is 0 Å². The number of carbonyl (C=O) groups excluding carboxylic acids is 2. The molecule has 0 fully saturated rings. The number of hydrogen-bond acceptors (Lipinski definition) is 4. The molecule has 0 radical (unpaired) electrons. The quantitative estimate of drug-likeness (QED) is 0.541. The lowest BCUT2D eigenvalue weighted by atomic mass is 10.00. The number of benzodiazepines with no additional fused rings is 1. The van der Waals surface area contributed by atoms with E-state index in [0.29, 0.717) is 11.3 Å². The first-order valence-corrected chi connectivity index (χ1v) is 10.4. The maximum Gasteiger partial charge on any atom is 0.323 e. The highest BCUT2D eigenvalue weighted by atomic mass is 19.1. The van der Waals surface area contributed by atoms with Crippen LogP contribution in [-0.2, 0) is 9.59 Å². The monoisotopic (exact) mass is 460 g/mol. The Kier molecular flexibility index (Phi) is 6.35. The standard InChI is InChI=1S/C25H21FN4O4/c1-15-7-6-8-16(13-15)27-25(34)29-23-24(33)30(14-21(31)32)20-12-5-3-10-18(20)22(28-23)17-9-2-4-11-19(17)26/h2-13,23H,14H2,1H3,(H,31,32)(H2,27,29,34)/t23-/m0/s1. The maximum atomic E-state index is 14.7. The van der Waals surface area contributed by atoms with Crippen molar-refractivity contribution in [2.75, 3.05) is 16.8 Å². The highest BCUT2D eigenvalue weighted by Crippen LogP contribution is 2.29. The molecule has 0 saturated heterocycles. The number of carbonyl (C=O) groups is 3. The maximum absolute atomic E-state index is 14.7. The Morgan fingerprint density at radius 3 is 2.44 bits per heavy atom. The molecule has 1 atom stereocenters. The number of rotatable bonds is 5. The molecule has 8 nitrogen and oxygen atoms in total. The third-order valence-electron chi connectivity index (χ3n) is 5.17. The predicted molar refractivity (Wildman–Crippen MR) is 126 cm³/mol. The molecule has 0 bridgehead atoms. The number of nitrogens with zero attached hydrogens (tertiary/aromatic N) is 2. The number of aryl methyl sites for hydroxylation is 1. The highest BCUT2D eigenvalue weighted by molar-refractivity contribution is 6.21. The third kappa shape index (κ3) is 4.78. The predicted octanol–water partition coefficient (Wildman–Crippen LogP) is 3.55. The van der Waals surface area contributed by atoms with Gasteiger partial charge in [0, 0.05) is 16.8 Å². The Morgan fingerprint density at radius 2 is 1.74 bits per heavy atom. The van der Waals surface area contributed by atoms with E-state index in [9.17, 15) is 23.9 Å². The largest absolute Gasteiger partial charge is 0.480 e. The first-order chi connectivity index (χ1) is 16.3. The number of hydrogen-bond donors (Lipinski definition) is 3. The van der Waals surface area contributed by atoms with E-state index in [-0.39, 0.29) is 17.0 Å². The van der Waals surface area contributed by atoms with E-state index in [1.54, 1.807) is 48.5 Å². The second-order valence-electron chi connectivity index (χ2n) is 7.66. The van der Waals surface area contributed by atoms with Gasteiger partial charge in [-0.05, 0) is 42.8 Å². The van der Waals surface area contributed by atoms with Crippen molar-refractivity contribution < 1.29 is 23.9 Å². The molecule has 0 saturated carbocycles. The van der Waals surface area contributed by atoms with Crippen LogP contribution in [0.4, 0.5) is 20.6 Å².